The van der Waals surface area contributed by atoms with Gasteiger partial charge in [-0.1, -0.05) is 0 Å². The Hall–Kier alpha value is -2.23. The van der Waals surface area contributed by atoms with Gasteiger partial charge in [-0.05, 0) is 6.07 Å². The molecule has 2 rings (SSSR count). The number of carboxylic acid groups (broad SMARTS) is 1. The van der Waals surface area contributed by atoms with Crippen molar-refractivity contribution in [2.45, 2.75) is 18.5 Å². The molecule has 94 valence electrons. The van der Waals surface area contributed by atoms with Crippen LogP contribution in [0.5, 0.6) is 0 Å². The summed E-state index contributed by atoms with van der Waals surface area (Å²) in [4.78, 5) is 20.4. The Morgan fingerprint density at radius 2 is 2.22 bits per heavy atom. The number of nitriles is 1. The fourth-order valence-corrected chi connectivity index (χ4v) is 1.84. The monoisotopic (exact) mass is 250 g/mol. The molecule has 0 radical (unpaired) electrons. The largest absolute Gasteiger partial charge is 0.479 e. The van der Waals surface area contributed by atoms with E-state index in [2.05, 4.69) is 9.97 Å². The summed E-state index contributed by atoms with van der Waals surface area (Å²) >= 11 is 0. The van der Waals surface area contributed by atoms with Crippen molar-refractivity contribution < 1.29 is 14.3 Å². The van der Waals surface area contributed by atoms with Gasteiger partial charge in [-0.3, -0.25) is 0 Å². The summed E-state index contributed by atoms with van der Waals surface area (Å²) in [6, 6.07) is 3.37. The fraction of sp³-hybridized carbons (Fsp3) is 0.455. The molecule has 1 aliphatic heterocycles. The van der Waals surface area contributed by atoms with Gasteiger partial charge in [0, 0.05) is 32.1 Å². The highest BCUT2D eigenvalue weighted by Gasteiger charge is 2.42. The Bertz CT molecular complexity index is 506. The van der Waals surface area contributed by atoms with Crippen molar-refractivity contribution in [1.29, 1.82) is 5.26 Å². The number of aromatic nitrogens is 2. The Balaban J connectivity index is 2.10. The van der Waals surface area contributed by atoms with Gasteiger partial charge < -0.3 is 10.0 Å². The van der Waals surface area contributed by atoms with Gasteiger partial charge in [0.2, 0.25) is 11.6 Å². The molecular weight excluding hydrogens is 239 g/mol. The van der Waals surface area contributed by atoms with E-state index >= 15 is 0 Å². The second kappa shape index (κ2) is 4.56. The van der Waals surface area contributed by atoms with E-state index in [0.29, 0.717) is 5.95 Å². The number of anilines is 1. The average Bonchev–Trinajstić information content (AvgIpc) is 2.39. The van der Waals surface area contributed by atoms with Gasteiger partial charge in [0.15, 0.2) is 0 Å². The van der Waals surface area contributed by atoms with Crippen LogP contribution in [0.3, 0.4) is 0 Å². The summed E-state index contributed by atoms with van der Waals surface area (Å²) in [6.07, 6.45) is 1.24. The summed E-state index contributed by atoms with van der Waals surface area (Å²) in [7, 11) is 0. The van der Waals surface area contributed by atoms with Crippen LogP contribution in [0.25, 0.3) is 0 Å². The van der Waals surface area contributed by atoms with Crippen molar-refractivity contribution in [3.63, 3.8) is 0 Å². The second-order valence-electron chi connectivity index (χ2n) is 4.11. The fourth-order valence-electron chi connectivity index (χ4n) is 1.84. The molecule has 1 aromatic heterocycles. The van der Waals surface area contributed by atoms with Crippen LogP contribution in [0.2, 0.25) is 0 Å². The molecule has 18 heavy (non-hydrogen) atoms. The van der Waals surface area contributed by atoms with Crippen molar-refractivity contribution in [1.82, 2.24) is 9.97 Å². The molecule has 0 spiro atoms. The molecule has 0 saturated carbocycles. The molecule has 0 aromatic carbocycles. The third kappa shape index (κ3) is 2.22. The predicted molar refractivity (Wildman–Crippen MR) is 59.7 cm³/mol. The van der Waals surface area contributed by atoms with Crippen molar-refractivity contribution in [3.8, 4) is 6.07 Å². The molecule has 0 amide bonds. The van der Waals surface area contributed by atoms with E-state index in [1.54, 1.807) is 4.90 Å². The summed E-state index contributed by atoms with van der Waals surface area (Å²) < 4.78 is 13.8. The predicted octanol–water partition coefficient (Wildman–Crippen LogP) is 0.741. The van der Waals surface area contributed by atoms with Crippen molar-refractivity contribution >= 4 is 11.9 Å². The lowest BCUT2D eigenvalue weighted by atomic mass is 9.94. The number of carboxylic acids is 1. The zero-order valence-electron chi connectivity index (χ0n) is 9.51. The van der Waals surface area contributed by atoms with Crippen LogP contribution in [0.15, 0.2) is 12.3 Å². The third-order valence-electron chi connectivity index (χ3n) is 2.98. The maximum absolute atomic E-state index is 13.8. The molecule has 0 atom stereocenters. The molecule has 1 aromatic rings. The van der Waals surface area contributed by atoms with E-state index < -0.39 is 11.6 Å². The van der Waals surface area contributed by atoms with Crippen molar-refractivity contribution in [2.24, 2.45) is 0 Å². The van der Waals surface area contributed by atoms with Gasteiger partial charge in [0.1, 0.15) is 11.8 Å². The maximum Gasteiger partial charge on any atom is 0.341 e. The Morgan fingerprint density at radius 1 is 1.56 bits per heavy atom. The van der Waals surface area contributed by atoms with E-state index in [1.807, 2.05) is 6.07 Å². The molecule has 0 bridgehead atoms. The maximum atomic E-state index is 13.8. The first-order chi connectivity index (χ1) is 8.55. The van der Waals surface area contributed by atoms with Crippen molar-refractivity contribution in [3.05, 3.63) is 18.0 Å². The van der Waals surface area contributed by atoms with E-state index in [1.165, 1.54) is 12.3 Å². The standard InChI is InChI=1S/C11H11FN4O2/c12-11(9(17)18)2-5-16(6-3-11)10-14-4-1-8(7-13)15-10/h1,4H,2-3,5-6H2,(H,17,18). The molecule has 7 heteroatoms. The Labute approximate surface area is 103 Å². The summed E-state index contributed by atoms with van der Waals surface area (Å²) in [5.74, 6) is -1.09. The van der Waals surface area contributed by atoms with E-state index in [4.69, 9.17) is 10.4 Å². The molecule has 0 unspecified atom stereocenters. The molecule has 6 nitrogen and oxygen atoms in total. The lowest BCUT2D eigenvalue weighted by Crippen LogP contribution is -2.47. The summed E-state index contributed by atoms with van der Waals surface area (Å²) in [6.45, 7) is 0.440. The number of carbonyl (C=O) groups is 1. The van der Waals surface area contributed by atoms with Crippen LogP contribution < -0.4 is 4.90 Å². The van der Waals surface area contributed by atoms with E-state index in [0.717, 1.165) is 0 Å². The first kappa shape index (κ1) is 12.2. The number of hydrogen-bond donors (Lipinski definition) is 1. The minimum absolute atomic E-state index is 0.109. The molecule has 2 heterocycles. The summed E-state index contributed by atoms with van der Waals surface area (Å²) in [5, 5.41) is 17.5. The molecule has 1 N–H and O–H groups in total. The SMILES string of the molecule is N#Cc1ccnc(N2CCC(F)(C(=O)O)CC2)n1. The molecule has 1 fully saturated rings. The van der Waals surface area contributed by atoms with Crippen molar-refractivity contribution in [2.75, 3.05) is 18.0 Å². The van der Waals surface area contributed by atoms with Crippen LogP contribution in [-0.2, 0) is 4.79 Å². The van der Waals surface area contributed by atoms with Crippen LogP contribution in [-0.4, -0.2) is 39.8 Å². The minimum Gasteiger partial charge on any atom is -0.479 e. The quantitative estimate of drug-likeness (QED) is 0.832. The van der Waals surface area contributed by atoms with Gasteiger partial charge in [-0.15, -0.1) is 0 Å². The number of rotatable bonds is 2. The lowest BCUT2D eigenvalue weighted by molar-refractivity contribution is -0.152. The topological polar surface area (TPSA) is 90.1 Å². The van der Waals surface area contributed by atoms with E-state index in [9.17, 15) is 9.18 Å². The summed E-state index contributed by atoms with van der Waals surface area (Å²) in [5.41, 5.74) is -1.93. The van der Waals surface area contributed by atoms with Crippen LogP contribution in [0, 0.1) is 11.3 Å². The second-order valence-corrected chi connectivity index (χ2v) is 4.11. The van der Waals surface area contributed by atoms with Gasteiger partial charge >= 0.3 is 5.97 Å². The average molecular weight is 250 g/mol. The number of hydrogen-bond acceptors (Lipinski definition) is 5. The normalized spacial score (nSPS) is 18.1. The lowest BCUT2D eigenvalue weighted by Gasteiger charge is -2.33. The number of halogens is 1. The minimum atomic E-state index is -2.16. The number of aliphatic carboxylic acids is 1. The van der Waals surface area contributed by atoms with Crippen LogP contribution >= 0.6 is 0 Å². The number of piperidine rings is 1. The zero-order valence-corrected chi connectivity index (χ0v) is 9.51. The van der Waals surface area contributed by atoms with E-state index in [-0.39, 0.29) is 31.6 Å². The van der Waals surface area contributed by atoms with Gasteiger partial charge in [0.05, 0.1) is 0 Å². The molecule has 0 aliphatic carbocycles. The van der Waals surface area contributed by atoms with Gasteiger partial charge in [0.25, 0.3) is 0 Å². The highest BCUT2D eigenvalue weighted by atomic mass is 19.1. The Morgan fingerprint density at radius 3 is 2.78 bits per heavy atom. The smallest absolute Gasteiger partial charge is 0.341 e. The Kier molecular flexibility index (Phi) is 3.10. The van der Waals surface area contributed by atoms with Crippen LogP contribution in [0.4, 0.5) is 10.3 Å². The molecular formula is C11H11FN4O2. The first-order valence-electron chi connectivity index (χ1n) is 5.45. The highest BCUT2D eigenvalue weighted by Crippen LogP contribution is 2.28. The highest BCUT2D eigenvalue weighted by molar-refractivity contribution is 5.77. The molecule has 1 aliphatic rings. The zero-order chi connectivity index (χ0) is 13.2. The van der Waals surface area contributed by atoms with Gasteiger partial charge in [-0.2, -0.15) is 5.26 Å². The van der Waals surface area contributed by atoms with Crippen LogP contribution in [0.1, 0.15) is 18.5 Å². The molecule has 1 saturated heterocycles. The number of alkyl halides is 1. The van der Waals surface area contributed by atoms with Gasteiger partial charge in [-0.25, -0.2) is 19.2 Å². The third-order valence-corrected chi connectivity index (χ3v) is 2.98. The number of nitrogens with zero attached hydrogens (tertiary/aromatic N) is 4. The first-order valence-corrected chi connectivity index (χ1v) is 5.45.